The first kappa shape index (κ1) is 26.8. The molecule has 1 atom stereocenters. The number of nitrogens with zero attached hydrogens (tertiary/aromatic N) is 5. The number of piperazine rings is 1. The molecule has 1 aliphatic rings. The van der Waals surface area contributed by atoms with Crippen LogP contribution in [0.5, 0.6) is 5.75 Å². The zero-order chi connectivity index (χ0) is 26.9. The second kappa shape index (κ2) is 10.6. The Hall–Kier alpha value is -3.29. The van der Waals surface area contributed by atoms with E-state index in [0.717, 1.165) is 6.42 Å². The number of amides is 1. The van der Waals surface area contributed by atoms with Gasteiger partial charge in [-0.25, -0.2) is 13.4 Å². The van der Waals surface area contributed by atoms with Gasteiger partial charge in [0.25, 0.3) is 11.5 Å². The lowest BCUT2D eigenvalue weighted by atomic mass is 10.1. The van der Waals surface area contributed by atoms with Gasteiger partial charge in [-0.05, 0) is 38.5 Å². The molecular weight excluding hydrogens is 500 g/mol. The molecule has 1 fully saturated rings. The van der Waals surface area contributed by atoms with E-state index < -0.39 is 22.0 Å². The number of H-pyrrole nitrogens is 1. The summed E-state index contributed by atoms with van der Waals surface area (Å²) in [5.74, 6) is 0.150. The number of aromatic amines is 1. The molecule has 1 amide bonds. The van der Waals surface area contributed by atoms with Crippen molar-refractivity contribution in [1.82, 2.24) is 29.0 Å². The minimum absolute atomic E-state index is 0.0176. The van der Waals surface area contributed by atoms with E-state index in [0.29, 0.717) is 41.1 Å². The molecule has 0 aliphatic carbocycles. The van der Waals surface area contributed by atoms with Crippen LogP contribution in [-0.4, -0.2) is 87.3 Å². The lowest BCUT2D eigenvalue weighted by Gasteiger charge is -2.34. The second-order valence-electron chi connectivity index (χ2n) is 8.93. The topological polar surface area (TPSA) is 151 Å². The van der Waals surface area contributed by atoms with Crippen molar-refractivity contribution in [2.75, 3.05) is 32.8 Å². The summed E-state index contributed by atoms with van der Waals surface area (Å²) in [6, 6.07) is 4.47. The van der Waals surface area contributed by atoms with Crippen molar-refractivity contribution >= 4 is 27.0 Å². The average molecular weight is 533 g/mol. The molecule has 200 valence electrons. The normalized spacial score (nSPS) is 15.8. The molecule has 0 saturated carbocycles. The van der Waals surface area contributed by atoms with Gasteiger partial charge in [-0.15, -0.1) is 0 Å². The molecule has 0 spiro atoms. The van der Waals surface area contributed by atoms with E-state index in [2.05, 4.69) is 15.1 Å². The van der Waals surface area contributed by atoms with E-state index in [9.17, 15) is 23.1 Å². The standard InChI is InChI=1S/C24H32N6O6S/c1-5-7-18-20-21(28(4)27-18)23(32)26-22(25-20)17-14-16(8-9-19(17)36-6-2)37(34,35)30-12-10-29(11-13-30)24(33)15(3)31/h8-9,14-15,31H,5-7,10-13H2,1-4H3,(H,25,26,32)/t15-/m0/s1. The Balaban J connectivity index is 1.74. The number of fused-ring (bicyclic) bond motifs is 1. The third-order valence-electron chi connectivity index (χ3n) is 6.30. The number of aliphatic hydroxyl groups is 1. The van der Waals surface area contributed by atoms with Crippen molar-refractivity contribution in [3.63, 3.8) is 0 Å². The molecule has 3 heterocycles. The van der Waals surface area contributed by atoms with Crippen LogP contribution in [0, 0.1) is 0 Å². The van der Waals surface area contributed by atoms with Crippen LogP contribution in [0.3, 0.4) is 0 Å². The minimum atomic E-state index is -3.92. The Morgan fingerprint density at radius 3 is 2.54 bits per heavy atom. The summed E-state index contributed by atoms with van der Waals surface area (Å²) in [4.78, 5) is 33.9. The maximum absolute atomic E-state index is 13.5. The molecule has 0 unspecified atom stereocenters. The van der Waals surface area contributed by atoms with Crippen molar-refractivity contribution in [2.24, 2.45) is 7.05 Å². The number of sulfonamides is 1. The molecule has 12 nitrogen and oxygen atoms in total. The fourth-order valence-corrected chi connectivity index (χ4v) is 5.93. The molecule has 2 N–H and O–H groups in total. The number of ether oxygens (including phenoxy) is 1. The molecule has 0 radical (unpaired) electrons. The quantitative estimate of drug-likeness (QED) is 0.434. The highest BCUT2D eigenvalue weighted by Gasteiger charge is 2.32. The number of rotatable bonds is 8. The monoisotopic (exact) mass is 532 g/mol. The Morgan fingerprint density at radius 1 is 1.22 bits per heavy atom. The summed E-state index contributed by atoms with van der Waals surface area (Å²) >= 11 is 0. The maximum Gasteiger partial charge on any atom is 0.277 e. The fraction of sp³-hybridized carbons (Fsp3) is 0.500. The van der Waals surface area contributed by atoms with E-state index in [-0.39, 0.29) is 42.5 Å². The Morgan fingerprint density at radius 2 is 1.92 bits per heavy atom. The predicted octanol–water partition coefficient (Wildman–Crippen LogP) is 0.889. The van der Waals surface area contributed by atoms with Crippen molar-refractivity contribution < 1.29 is 23.1 Å². The molecule has 0 bridgehead atoms. The highest BCUT2D eigenvalue weighted by atomic mass is 32.2. The summed E-state index contributed by atoms with van der Waals surface area (Å²) in [5.41, 5.74) is 1.47. The van der Waals surface area contributed by atoms with Crippen molar-refractivity contribution in [2.45, 2.75) is 44.6 Å². The van der Waals surface area contributed by atoms with Crippen molar-refractivity contribution in [1.29, 1.82) is 0 Å². The number of benzene rings is 1. The first-order chi connectivity index (χ1) is 17.6. The third-order valence-corrected chi connectivity index (χ3v) is 8.20. The van der Waals surface area contributed by atoms with Gasteiger partial charge in [-0.1, -0.05) is 13.3 Å². The summed E-state index contributed by atoms with van der Waals surface area (Å²) < 4.78 is 35.5. The molecule has 1 aliphatic heterocycles. The predicted molar refractivity (Wildman–Crippen MR) is 137 cm³/mol. The molecule has 4 rings (SSSR count). The summed E-state index contributed by atoms with van der Waals surface area (Å²) in [5, 5.41) is 14.0. The Bertz CT molecular complexity index is 1470. The van der Waals surface area contributed by atoms with Crippen LogP contribution in [0.25, 0.3) is 22.4 Å². The fourth-order valence-electron chi connectivity index (χ4n) is 4.48. The number of hydrogen-bond acceptors (Lipinski definition) is 8. The molecule has 1 aromatic carbocycles. The summed E-state index contributed by atoms with van der Waals surface area (Å²) in [6.45, 7) is 6.09. The zero-order valence-electron chi connectivity index (χ0n) is 21.4. The first-order valence-electron chi connectivity index (χ1n) is 12.3. The molecule has 1 saturated heterocycles. The SMILES string of the molecule is CCCc1nn(C)c2c(=O)[nH]c(-c3cc(S(=O)(=O)N4CCN(C(=O)[C@H](C)O)CC4)ccc3OCC)nc12. The van der Waals surface area contributed by atoms with Gasteiger partial charge >= 0.3 is 0 Å². The number of aliphatic hydroxyl groups excluding tert-OH is 1. The van der Waals surface area contributed by atoms with Crippen LogP contribution in [0.1, 0.15) is 32.9 Å². The summed E-state index contributed by atoms with van der Waals surface area (Å²) in [7, 11) is -2.23. The smallest absolute Gasteiger partial charge is 0.277 e. The molecule has 13 heteroatoms. The van der Waals surface area contributed by atoms with Gasteiger partial charge in [0, 0.05) is 33.2 Å². The van der Waals surface area contributed by atoms with E-state index >= 15 is 0 Å². The zero-order valence-corrected chi connectivity index (χ0v) is 22.2. The second-order valence-corrected chi connectivity index (χ2v) is 10.9. The number of hydrogen-bond donors (Lipinski definition) is 2. The van der Waals surface area contributed by atoms with Crippen LogP contribution < -0.4 is 10.3 Å². The van der Waals surface area contributed by atoms with E-state index in [1.165, 1.54) is 32.9 Å². The largest absolute Gasteiger partial charge is 0.493 e. The van der Waals surface area contributed by atoms with E-state index in [4.69, 9.17) is 4.74 Å². The van der Waals surface area contributed by atoms with Gasteiger partial charge in [0.1, 0.15) is 23.2 Å². The Kier molecular flexibility index (Phi) is 7.67. The van der Waals surface area contributed by atoms with E-state index in [1.807, 2.05) is 13.8 Å². The minimum Gasteiger partial charge on any atom is -0.493 e. The van der Waals surface area contributed by atoms with Crippen LogP contribution in [0.4, 0.5) is 0 Å². The number of carbonyl (C=O) groups excluding carboxylic acids is 1. The van der Waals surface area contributed by atoms with Gasteiger partial charge in [-0.2, -0.15) is 9.40 Å². The number of carbonyl (C=O) groups is 1. The van der Waals surface area contributed by atoms with Crippen LogP contribution in [0.2, 0.25) is 0 Å². The van der Waals surface area contributed by atoms with Crippen LogP contribution in [0.15, 0.2) is 27.9 Å². The van der Waals surface area contributed by atoms with Crippen molar-refractivity contribution in [3.05, 3.63) is 34.2 Å². The first-order valence-corrected chi connectivity index (χ1v) is 13.7. The van der Waals surface area contributed by atoms with Crippen molar-refractivity contribution in [3.8, 4) is 17.1 Å². The lowest BCUT2D eigenvalue weighted by Crippen LogP contribution is -2.52. The molecular formula is C24H32N6O6S. The Labute approximate surface area is 214 Å². The van der Waals surface area contributed by atoms with E-state index in [1.54, 1.807) is 13.1 Å². The third kappa shape index (κ3) is 5.11. The summed E-state index contributed by atoms with van der Waals surface area (Å²) in [6.07, 6.45) is 0.328. The average Bonchev–Trinajstić information content (AvgIpc) is 3.19. The number of aromatic nitrogens is 4. The maximum atomic E-state index is 13.5. The van der Waals surface area contributed by atoms with Gasteiger partial charge in [0.2, 0.25) is 10.0 Å². The number of aryl methyl sites for hydroxylation is 2. The van der Waals surface area contributed by atoms with Crippen LogP contribution in [-0.2, 0) is 28.3 Å². The molecule has 2 aromatic heterocycles. The molecule has 37 heavy (non-hydrogen) atoms. The highest BCUT2D eigenvalue weighted by Crippen LogP contribution is 2.32. The van der Waals surface area contributed by atoms with Gasteiger partial charge in [0.15, 0.2) is 5.52 Å². The van der Waals surface area contributed by atoms with Gasteiger partial charge in [-0.3, -0.25) is 14.3 Å². The van der Waals surface area contributed by atoms with Gasteiger partial charge < -0.3 is 19.7 Å². The number of nitrogens with one attached hydrogen (secondary N) is 1. The highest BCUT2D eigenvalue weighted by molar-refractivity contribution is 7.89. The lowest BCUT2D eigenvalue weighted by molar-refractivity contribution is -0.140. The van der Waals surface area contributed by atoms with Crippen LogP contribution >= 0.6 is 0 Å². The van der Waals surface area contributed by atoms with Gasteiger partial charge in [0.05, 0.1) is 22.8 Å². The molecule has 3 aromatic rings.